The molecule has 0 spiro atoms. The van der Waals surface area contributed by atoms with Gasteiger partial charge in [-0.15, -0.1) is 5.11 Å². The first-order valence-electron chi connectivity index (χ1n) is 11.5. The van der Waals surface area contributed by atoms with Crippen LogP contribution in [0.1, 0.15) is 31.2 Å². The van der Waals surface area contributed by atoms with E-state index in [1.807, 2.05) is 6.07 Å². The van der Waals surface area contributed by atoms with Gasteiger partial charge in [0.05, 0.1) is 40.0 Å². The largest absolute Gasteiger partial charge is 0.417 e. The molecule has 0 radical (unpaired) electrons. The highest BCUT2D eigenvalue weighted by atomic mass is 32.2. The highest BCUT2D eigenvalue weighted by Crippen LogP contribution is 2.43. The van der Waals surface area contributed by atoms with E-state index in [1.54, 1.807) is 0 Å². The van der Waals surface area contributed by atoms with Crippen LogP contribution in [0.3, 0.4) is 0 Å². The van der Waals surface area contributed by atoms with Crippen LogP contribution in [0, 0.1) is 22.8 Å². The molecule has 202 valence electrons. The summed E-state index contributed by atoms with van der Waals surface area (Å²) in [7, 11) is -3.26. The Morgan fingerprint density at radius 1 is 1.32 bits per heavy atom. The fourth-order valence-electron chi connectivity index (χ4n) is 4.59. The molecule has 0 saturated heterocycles. The van der Waals surface area contributed by atoms with Gasteiger partial charge in [0.25, 0.3) is 5.91 Å². The van der Waals surface area contributed by atoms with Crippen LogP contribution >= 0.6 is 0 Å². The summed E-state index contributed by atoms with van der Waals surface area (Å²) < 4.78 is 75.6. The lowest BCUT2D eigenvalue weighted by Crippen LogP contribution is -2.42. The van der Waals surface area contributed by atoms with Crippen molar-refractivity contribution in [3.63, 3.8) is 0 Å². The Morgan fingerprint density at radius 3 is 2.61 bits per heavy atom. The Morgan fingerprint density at radius 2 is 2.03 bits per heavy atom. The molecule has 2 aliphatic carbocycles. The molecule has 1 aromatic heterocycles. The molecule has 4 rings (SSSR count). The van der Waals surface area contributed by atoms with Gasteiger partial charge >= 0.3 is 6.18 Å². The van der Waals surface area contributed by atoms with Gasteiger partial charge < -0.3 is 10.1 Å². The van der Waals surface area contributed by atoms with E-state index in [0.717, 1.165) is 10.7 Å². The number of halogens is 3. The highest BCUT2D eigenvalue weighted by Gasteiger charge is 2.51. The first kappa shape index (κ1) is 27.4. The smallest absolute Gasteiger partial charge is 0.381 e. The number of methoxy groups -OCH3 is 1. The number of hydrogen-bond acceptors (Lipinski definition) is 8. The molecule has 2 amide bonds. The van der Waals surface area contributed by atoms with Crippen molar-refractivity contribution in [1.82, 2.24) is 15.1 Å². The molecule has 0 bridgehead atoms. The zero-order chi connectivity index (χ0) is 27.9. The van der Waals surface area contributed by atoms with Crippen LogP contribution in [-0.2, 0) is 36.9 Å². The second-order valence-electron chi connectivity index (χ2n) is 9.34. The van der Waals surface area contributed by atoms with Crippen molar-refractivity contribution in [3.8, 4) is 17.2 Å². The number of nitrogens with zero attached hydrogens (tertiary/aromatic N) is 4. The monoisotopic (exact) mass is 552 g/mol. The van der Waals surface area contributed by atoms with Crippen LogP contribution in [0.4, 0.5) is 13.2 Å². The molecule has 2 aliphatic rings. The van der Waals surface area contributed by atoms with Crippen LogP contribution in [0.25, 0.3) is 11.1 Å². The number of ether oxygens (including phenoxy) is 1. The van der Waals surface area contributed by atoms with Gasteiger partial charge in [-0.3, -0.25) is 14.3 Å². The van der Waals surface area contributed by atoms with Crippen molar-refractivity contribution in [1.29, 1.82) is 10.8 Å². The van der Waals surface area contributed by atoms with E-state index in [2.05, 4.69) is 15.5 Å². The maximum absolute atomic E-state index is 14.1. The Kier molecular flexibility index (Phi) is 7.15. The van der Waals surface area contributed by atoms with Gasteiger partial charge in [-0.1, -0.05) is 6.07 Å². The Bertz CT molecular complexity index is 1430. The number of alkyl halides is 3. The standard InChI is InChI=1S/C23H23F3N6O5S/c1-37-18-8-15(7-16(18)21(34)30-22(12-27)4-5-22)38(35,36)19-3-2-13(6-17(19)23(24,25)26)14-9-29-32(10-14)11-20(33)31-28/h2-3,6,9-10,15-16,18,28H,4-5,7-8,11H2,1H3,(H,30,34)/t15-,16-,18-/m0/s1. The minimum atomic E-state index is -5.02. The summed E-state index contributed by atoms with van der Waals surface area (Å²) in [5.41, 5.74) is 4.55. The van der Waals surface area contributed by atoms with E-state index < -0.39 is 61.1 Å². The van der Waals surface area contributed by atoms with Crippen LogP contribution in [-0.4, -0.2) is 54.0 Å². The lowest BCUT2D eigenvalue weighted by Gasteiger charge is -2.19. The molecule has 2 N–H and O–H groups in total. The SMILES string of the molecule is CO[C@H]1C[C@@H](S(=O)(=O)c2ccc(-c3cnn(CC(=O)N=N)c3)cc2C(F)(F)F)C[C@@H]1C(=O)NC1(C#N)CC1. The van der Waals surface area contributed by atoms with Crippen LogP contribution in [0.2, 0.25) is 0 Å². The number of nitriles is 1. The maximum atomic E-state index is 14.1. The number of benzene rings is 1. The molecule has 0 aliphatic heterocycles. The highest BCUT2D eigenvalue weighted by molar-refractivity contribution is 7.92. The van der Waals surface area contributed by atoms with Crippen molar-refractivity contribution in [3.05, 3.63) is 36.2 Å². The summed E-state index contributed by atoms with van der Waals surface area (Å²) in [5.74, 6) is -2.31. The van der Waals surface area contributed by atoms with E-state index in [1.165, 1.54) is 25.6 Å². The van der Waals surface area contributed by atoms with Crippen LogP contribution < -0.4 is 5.32 Å². The van der Waals surface area contributed by atoms with Crippen LogP contribution in [0.5, 0.6) is 0 Å². The van der Waals surface area contributed by atoms with Gasteiger partial charge in [0, 0.05) is 18.9 Å². The lowest BCUT2D eigenvalue weighted by atomic mass is 10.0. The van der Waals surface area contributed by atoms with Crippen LogP contribution in [0.15, 0.2) is 40.6 Å². The second-order valence-corrected chi connectivity index (χ2v) is 11.5. The van der Waals surface area contributed by atoms with E-state index in [9.17, 15) is 36.4 Å². The zero-order valence-electron chi connectivity index (χ0n) is 20.0. The Hall–Kier alpha value is -3.64. The van der Waals surface area contributed by atoms with Crippen molar-refractivity contribution >= 4 is 21.7 Å². The summed E-state index contributed by atoms with van der Waals surface area (Å²) in [6.45, 7) is -0.380. The van der Waals surface area contributed by atoms with Gasteiger partial charge in [0.2, 0.25) is 5.91 Å². The van der Waals surface area contributed by atoms with E-state index >= 15 is 0 Å². The summed E-state index contributed by atoms with van der Waals surface area (Å²) >= 11 is 0. The van der Waals surface area contributed by atoms with Crippen molar-refractivity contribution in [2.24, 2.45) is 11.0 Å². The first-order valence-corrected chi connectivity index (χ1v) is 13.0. The molecule has 2 aromatic rings. The van der Waals surface area contributed by atoms with Gasteiger partial charge in [-0.05, 0) is 43.4 Å². The number of amides is 2. The predicted molar refractivity (Wildman–Crippen MR) is 123 cm³/mol. The lowest BCUT2D eigenvalue weighted by molar-refractivity contribution is -0.139. The van der Waals surface area contributed by atoms with Crippen molar-refractivity contribution in [2.75, 3.05) is 7.11 Å². The molecule has 0 unspecified atom stereocenters. The fraction of sp³-hybridized carbons (Fsp3) is 0.478. The minimum Gasteiger partial charge on any atom is -0.381 e. The fourth-order valence-corrected chi connectivity index (χ4v) is 6.60. The normalized spacial score (nSPS) is 22.4. The summed E-state index contributed by atoms with van der Waals surface area (Å²) in [5, 5.41) is 17.1. The molecule has 2 saturated carbocycles. The average Bonchev–Trinajstić information content (AvgIpc) is 3.27. The summed E-state index contributed by atoms with van der Waals surface area (Å²) in [6.07, 6.45) is -2.87. The summed E-state index contributed by atoms with van der Waals surface area (Å²) in [6, 6.07) is 4.79. The van der Waals surface area contributed by atoms with E-state index in [0.29, 0.717) is 18.9 Å². The molecular formula is C23H23F3N6O5S. The Labute approximate surface area is 215 Å². The zero-order valence-corrected chi connectivity index (χ0v) is 20.8. The number of hydrogen-bond donors (Lipinski definition) is 2. The number of carbonyl (C=O) groups is 2. The van der Waals surface area contributed by atoms with Gasteiger partial charge in [-0.25, -0.2) is 13.9 Å². The minimum absolute atomic E-state index is 0.0162. The third-order valence-electron chi connectivity index (χ3n) is 6.85. The number of aromatic nitrogens is 2. The van der Waals surface area contributed by atoms with Crippen molar-refractivity contribution in [2.45, 2.75) is 60.2 Å². The summed E-state index contributed by atoms with van der Waals surface area (Å²) in [4.78, 5) is 23.2. The van der Waals surface area contributed by atoms with E-state index in [-0.39, 0.29) is 30.5 Å². The number of rotatable bonds is 8. The van der Waals surface area contributed by atoms with Gasteiger partial charge in [0.1, 0.15) is 12.1 Å². The molecule has 15 heteroatoms. The molecule has 1 aromatic carbocycles. The quantitative estimate of drug-likeness (QED) is 0.475. The van der Waals surface area contributed by atoms with Gasteiger partial charge in [0.15, 0.2) is 9.84 Å². The van der Waals surface area contributed by atoms with Crippen molar-refractivity contribution < 1.29 is 35.9 Å². The molecule has 3 atom stereocenters. The number of sulfone groups is 1. The number of nitrogens with one attached hydrogen (secondary N) is 2. The third kappa shape index (κ3) is 5.32. The Balaban J connectivity index is 1.63. The predicted octanol–water partition coefficient (Wildman–Crippen LogP) is 2.87. The first-order chi connectivity index (χ1) is 17.8. The molecular weight excluding hydrogens is 529 g/mol. The molecule has 11 nitrogen and oxygen atoms in total. The maximum Gasteiger partial charge on any atom is 0.417 e. The second kappa shape index (κ2) is 9.91. The topological polar surface area (TPSA) is 167 Å². The third-order valence-corrected chi connectivity index (χ3v) is 9.08. The van der Waals surface area contributed by atoms with E-state index in [4.69, 9.17) is 10.3 Å². The molecule has 38 heavy (non-hydrogen) atoms. The molecule has 1 heterocycles. The average molecular weight is 553 g/mol. The molecule has 2 fully saturated rings. The van der Waals surface area contributed by atoms with Gasteiger partial charge in [-0.2, -0.15) is 23.5 Å². The number of carbonyl (C=O) groups excluding carboxylic acids is 2.